The van der Waals surface area contributed by atoms with Gasteiger partial charge in [0.1, 0.15) is 5.76 Å². The molecule has 0 amide bonds. The summed E-state index contributed by atoms with van der Waals surface area (Å²) in [7, 11) is 1.86. The van der Waals surface area contributed by atoms with E-state index in [1.807, 2.05) is 26.1 Å². The van der Waals surface area contributed by atoms with Crippen LogP contribution in [0.4, 0.5) is 4.39 Å². The van der Waals surface area contributed by atoms with Crippen molar-refractivity contribution in [3.8, 4) is 0 Å². The molecule has 1 aromatic carbocycles. The maximum atomic E-state index is 13.5. The molecule has 2 rings (SSSR count). The van der Waals surface area contributed by atoms with Crippen molar-refractivity contribution in [3.05, 3.63) is 35.8 Å². The second-order valence-corrected chi connectivity index (χ2v) is 4.13. The summed E-state index contributed by atoms with van der Waals surface area (Å²) in [6, 6.07) is 6.87. The van der Waals surface area contributed by atoms with Crippen LogP contribution >= 0.6 is 0 Å². The quantitative estimate of drug-likeness (QED) is 0.800. The van der Waals surface area contributed by atoms with Crippen LogP contribution in [0.5, 0.6) is 0 Å². The monoisotopic (exact) mass is 251 g/mol. The number of benzene rings is 1. The van der Waals surface area contributed by atoms with Crippen molar-refractivity contribution in [2.75, 3.05) is 20.3 Å². The predicted molar refractivity (Wildman–Crippen MR) is 69.1 cm³/mol. The smallest absolute Gasteiger partial charge is 0.169 e. The van der Waals surface area contributed by atoms with E-state index in [0.717, 1.165) is 17.6 Å². The minimum atomic E-state index is -0.321. The van der Waals surface area contributed by atoms with E-state index in [-0.39, 0.29) is 11.9 Å². The minimum absolute atomic E-state index is 0.0448. The average Bonchev–Trinajstić information content (AvgIpc) is 2.80. The Morgan fingerprint density at radius 3 is 2.94 bits per heavy atom. The minimum Gasteiger partial charge on any atom is -0.456 e. The maximum absolute atomic E-state index is 13.5. The molecular weight excluding hydrogens is 233 g/mol. The van der Waals surface area contributed by atoms with Gasteiger partial charge in [-0.1, -0.05) is 12.1 Å². The molecule has 98 valence electrons. The van der Waals surface area contributed by atoms with Gasteiger partial charge in [0.05, 0.1) is 6.04 Å². The first-order valence-corrected chi connectivity index (χ1v) is 6.19. The molecule has 1 N–H and O–H groups in total. The molecule has 1 atom stereocenters. The number of hydrogen-bond acceptors (Lipinski definition) is 3. The largest absolute Gasteiger partial charge is 0.456 e. The van der Waals surface area contributed by atoms with Gasteiger partial charge in [0, 0.05) is 18.6 Å². The van der Waals surface area contributed by atoms with E-state index < -0.39 is 0 Å². The lowest BCUT2D eigenvalue weighted by Gasteiger charge is -2.12. The van der Waals surface area contributed by atoms with Crippen LogP contribution in [-0.4, -0.2) is 20.3 Å². The number of para-hydroxylation sites is 1. The molecule has 1 unspecified atom stereocenters. The summed E-state index contributed by atoms with van der Waals surface area (Å²) in [5.74, 6) is 0.427. The number of ether oxygens (including phenoxy) is 1. The Kier molecular flexibility index (Phi) is 4.33. The first-order valence-electron chi connectivity index (χ1n) is 6.19. The highest BCUT2D eigenvalue weighted by atomic mass is 19.1. The number of hydrogen-bond donors (Lipinski definition) is 1. The number of rotatable bonds is 6. The molecule has 4 heteroatoms. The third-order valence-corrected chi connectivity index (χ3v) is 2.96. The van der Waals surface area contributed by atoms with E-state index >= 15 is 0 Å². The number of halogens is 1. The Hall–Kier alpha value is -1.39. The molecule has 0 radical (unpaired) electrons. The molecule has 0 aliphatic rings. The van der Waals surface area contributed by atoms with E-state index in [1.165, 1.54) is 6.07 Å². The van der Waals surface area contributed by atoms with Crippen LogP contribution in [0.25, 0.3) is 11.0 Å². The van der Waals surface area contributed by atoms with E-state index in [1.54, 1.807) is 6.07 Å². The standard InChI is InChI=1S/C14H18FNO2/c1-3-17-8-7-12(16-2)13-9-10-5-4-6-11(15)14(10)18-13/h4-6,9,12,16H,3,7-8H2,1-2H3. The highest BCUT2D eigenvalue weighted by Gasteiger charge is 2.15. The van der Waals surface area contributed by atoms with Gasteiger partial charge in [0.2, 0.25) is 0 Å². The molecule has 1 heterocycles. The van der Waals surface area contributed by atoms with Crippen molar-refractivity contribution in [2.24, 2.45) is 0 Å². The summed E-state index contributed by atoms with van der Waals surface area (Å²) in [6.07, 6.45) is 0.797. The third-order valence-electron chi connectivity index (χ3n) is 2.96. The first kappa shape index (κ1) is 13.1. The average molecular weight is 251 g/mol. The van der Waals surface area contributed by atoms with Gasteiger partial charge in [-0.15, -0.1) is 0 Å². The normalized spacial score (nSPS) is 13.1. The Bertz CT molecular complexity index is 509. The Balaban J connectivity index is 2.20. The molecule has 0 bridgehead atoms. The molecule has 0 saturated carbocycles. The fourth-order valence-electron chi connectivity index (χ4n) is 1.99. The van der Waals surface area contributed by atoms with Crippen molar-refractivity contribution in [2.45, 2.75) is 19.4 Å². The van der Waals surface area contributed by atoms with Gasteiger partial charge < -0.3 is 14.5 Å². The Morgan fingerprint density at radius 2 is 2.28 bits per heavy atom. The highest BCUT2D eigenvalue weighted by molar-refractivity contribution is 5.78. The first-order chi connectivity index (χ1) is 8.76. The second-order valence-electron chi connectivity index (χ2n) is 4.13. The zero-order valence-electron chi connectivity index (χ0n) is 10.7. The van der Waals surface area contributed by atoms with Crippen LogP contribution in [0, 0.1) is 5.82 Å². The molecular formula is C14H18FNO2. The van der Waals surface area contributed by atoms with Crippen LogP contribution in [0.15, 0.2) is 28.7 Å². The molecule has 0 aliphatic heterocycles. The van der Waals surface area contributed by atoms with Gasteiger partial charge in [-0.25, -0.2) is 4.39 Å². The molecule has 1 aromatic heterocycles. The Morgan fingerprint density at radius 1 is 1.44 bits per heavy atom. The van der Waals surface area contributed by atoms with E-state index in [9.17, 15) is 4.39 Å². The summed E-state index contributed by atoms with van der Waals surface area (Å²) in [6.45, 7) is 3.32. The van der Waals surface area contributed by atoms with Gasteiger partial charge in [-0.2, -0.15) is 0 Å². The lowest BCUT2D eigenvalue weighted by atomic mass is 10.1. The molecule has 3 nitrogen and oxygen atoms in total. The summed E-state index contributed by atoms with van der Waals surface area (Å²) in [5.41, 5.74) is 0.323. The maximum Gasteiger partial charge on any atom is 0.169 e. The van der Waals surface area contributed by atoms with Crippen molar-refractivity contribution < 1.29 is 13.5 Å². The molecule has 0 spiro atoms. The van der Waals surface area contributed by atoms with Crippen molar-refractivity contribution in [1.82, 2.24) is 5.32 Å². The summed E-state index contributed by atoms with van der Waals surface area (Å²) < 4.78 is 24.5. The Labute approximate surface area is 106 Å². The van der Waals surface area contributed by atoms with E-state index in [0.29, 0.717) is 18.8 Å². The van der Waals surface area contributed by atoms with Crippen molar-refractivity contribution in [1.29, 1.82) is 0 Å². The van der Waals surface area contributed by atoms with Crippen molar-refractivity contribution >= 4 is 11.0 Å². The van der Waals surface area contributed by atoms with Gasteiger partial charge in [-0.05, 0) is 32.5 Å². The van der Waals surface area contributed by atoms with Gasteiger partial charge in [0.25, 0.3) is 0 Å². The van der Waals surface area contributed by atoms with E-state index in [4.69, 9.17) is 9.15 Å². The zero-order chi connectivity index (χ0) is 13.0. The molecule has 2 aromatic rings. The van der Waals surface area contributed by atoms with Crippen molar-refractivity contribution in [3.63, 3.8) is 0 Å². The fourth-order valence-corrected chi connectivity index (χ4v) is 1.99. The van der Waals surface area contributed by atoms with Crippen LogP contribution in [0.2, 0.25) is 0 Å². The number of nitrogens with one attached hydrogen (secondary N) is 1. The summed E-state index contributed by atoms with van der Waals surface area (Å²) in [5, 5.41) is 3.95. The third kappa shape index (κ3) is 2.71. The fraction of sp³-hybridized carbons (Fsp3) is 0.429. The highest BCUT2D eigenvalue weighted by Crippen LogP contribution is 2.27. The van der Waals surface area contributed by atoms with E-state index in [2.05, 4.69) is 5.32 Å². The zero-order valence-corrected chi connectivity index (χ0v) is 10.7. The summed E-state index contributed by atoms with van der Waals surface area (Å²) in [4.78, 5) is 0. The lowest BCUT2D eigenvalue weighted by Crippen LogP contribution is -2.17. The molecule has 0 aliphatic carbocycles. The SMILES string of the molecule is CCOCCC(NC)c1cc2cccc(F)c2o1. The number of fused-ring (bicyclic) bond motifs is 1. The number of furan rings is 1. The van der Waals surface area contributed by atoms with Crippen LogP contribution < -0.4 is 5.32 Å². The molecule has 0 fully saturated rings. The topological polar surface area (TPSA) is 34.4 Å². The molecule has 18 heavy (non-hydrogen) atoms. The van der Waals surface area contributed by atoms with Gasteiger partial charge in [-0.3, -0.25) is 0 Å². The van der Waals surface area contributed by atoms with Gasteiger partial charge >= 0.3 is 0 Å². The summed E-state index contributed by atoms with van der Waals surface area (Å²) >= 11 is 0. The second kappa shape index (κ2) is 5.98. The molecule has 0 saturated heterocycles. The van der Waals surface area contributed by atoms with Crippen LogP contribution in [-0.2, 0) is 4.74 Å². The van der Waals surface area contributed by atoms with Crippen LogP contribution in [0.3, 0.4) is 0 Å². The van der Waals surface area contributed by atoms with Gasteiger partial charge in [0.15, 0.2) is 11.4 Å². The lowest BCUT2D eigenvalue weighted by molar-refractivity contribution is 0.135. The van der Waals surface area contributed by atoms with Crippen LogP contribution in [0.1, 0.15) is 25.1 Å². The predicted octanol–water partition coefficient (Wildman–Crippen LogP) is 3.26.